The van der Waals surface area contributed by atoms with Crippen LogP contribution in [0.2, 0.25) is 0 Å². The van der Waals surface area contributed by atoms with E-state index < -0.39 is 29.4 Å². The molecule has 3 rings (SSSR count). The monoisotopic (exact) mass is 388 g/mol. The minimum absolute atomic E-state index is 0.0516. The van der Waals surface area contributed by atoms with Gasteiger partial charge >= 0.3 is 5.97 Å². The van der Waals surface area contributed by atoms with Gasteiger partial charge in [-0.2, -0.15) is 0 Å². The van der Waals surface area contributed by atoms with Crippen molar-refractivity contribution in [1.29, 1.82) is 0 Å². The predicted octanol–water partition coefficient (Wildman–Crippen LogP) is 3.97. The van der Waals surface area contributed by atoms with Crippen LogP contribution in [0.1, 0.15) is 81.3 Å². The number of ketones is 1. The Labute approximate surface area is 165 Å². The van der Waals surface area contributed by atoms with Crippen LogP contribution in [-0.4, -0.2) is 33.7 Å². The zero-order chi connectivity index (χ0) is 20.8. The molecule has 6 nitrogen and oxygen atoms in total. The molecule has 0 aromatic heterocycles. The van der Waals surface area contributed by atoms with Gasteiger partial charge in [-0.1, -0.05) is 20.3 Å². The highest BCUT2D eigenvalue weighted by atomic mass is 16.5. The van der Waals surface area contributed by atoms with Crippen molar-refractivity contribution in [2.45, 2.75) is 71.5 Å². The molecular weight excluding hydrogens is 360 g/mol. The average Bonchev–Trinajstić information content (AvgIpc) is 2.59. The Bertz CT molecular complexity index is 849. The lowest BCUT2D eigenvalue weighted by Gasteiger charge is -2.35. The molecule has 0 aliphatic carbocycles. The van der Waals surface area contributed by atoms with Gasteiger partial charge in [-0.25, -0.2) is 0 Å². The molecule has 6 heteroatoms. The van der Waals surface area contributed by atoms with Crippen molar-refractivity contribution in [3.63, 3.8) is 0 Å². The van der Waals surface area contributed by atoms with Gasteiger partial charge in [0.05, 0.1) is 18.1 Å². The first-order valence-corrected chi connectivity index (χ1v) is 9.81. The number of hydrogen-bond donors (Lipinski definition) is 2. The smallest absolute Gasteiger partial charge is 0.311 e. The van der Waals surface area contributed by atoms with Crippen LogP contribution >= 0.6 is 0 Å². The van der Waals surface area contributed by atoms with Crippen molar-refractivity contribution < 1.29 is 29.3 Å². The molecule has 2 heterocycles. The number of Topliss-reactive ketones (excluding diaryl/α,β-unsaturated/α-hetero) is 1. The summed E-state index contributed by atoms with van der Waals surface area (Å²) in [5.41, 5.74) is 0.430. The highest BCUT2D eigenvalue weighted by molar-refractivity contribution is 6.06. The molecule has 2 aliphatic rings. The number of carbonyl (C=O) groups excluding carboxylic acids is 2. The summed E-state index contributed by atoms with van der Waals surface area (Å²) in [6, 6.07) is 0. The fourth-order valence-electron chi connectivity index (χ4n) is 3.78. The van der Waals surface area contributed by atoms with E-state index in [0.29, 0.717) is 16.9 Å². The van der Waals surface area contributed by atoms with Crippen molar-refractivity contribution in [2.75, 3.05) is 0 Å². The van der Waals surface area contributed by atoms with E-state index in [-0.39, 0.29) is 29.4 Å². The van der Waals surface area contributed by atoms with Crippen LogP contribution in [0, 0.1) is 5.92 Å². The van der Waals surface area contributed by atoms with Crippen LogP contribution in [0.5, 0.6) is 17.2 Å². The highest BCUT2D eigenvalue weighted by Gasteiger charge is 2.41. The van der Waals surface area contributed by atoms with Crippen LogP contribution in [-0.2, 0) is 4.79 Å². The van der Waals surface area contributed by atoms with E-state index in [0.717, 1.165) is 12.8 Å². The molecule has 2 aliphatic heterocycles. The molecule has 0 bridgehead atoms. The van der Waals surface area contributed by atoms with Crippen molar-refractivity contribution in [3.8, 4) is 17.2 Å². The number of phenols is 1. The summed E-state index contributed by atoms with van der Waals surface area (Å²) in [5, 5.41) is 20.8. The van der Waals surface area contributed by atoms with E-state index in [1.54, 1.807) is 13.0 Å². The summed E-state index contributed by atoms with van der Waals surface area (Å²) in [6.45, 7) is 8.92. The number of phenolic OH excluding ortho intramolecular Hbond substituents is 1. The summed E-state index contributed by atoms with van der Waals surface area (Å²) in [5.74, 6) is -1.55. The third kappa shape index (κ3) is 3.41. The molecule has 28 heavy (non-hydrogen) atoms. The molecule has 3 atom stereocenters. The number of hydrogen-bond acceptors (Lipinski definition) is 6. The van der Waals surface area contributed by atoms with Crippen molar-refractivity contribution >= 4 is 17.8 Å². The zero-order valence-corrected chi connectivity index (χ0v) is 17.0. The Balaban J connectivity index is 2.32. The van der Waals surface area contributed by atoms with Gasteiger partial charge in [0.15, 0.2) is 11.5 Å². The van der Waals surface area contributed by atoms with Gasteiger partial charge in [-0.05, 0) is 39.3 Å². The van der Waals surface area contributed by atoms with E-state index in [2.05, 4.69) is 0 Å². The van der Waals surface area contributed by atoms with Gasteiger partial charge in [-0.15, -0.1) is 0 Å². The van der Waals surface area contributed by atoms with Crippen LogP contribution in [0.3, 0.4) is 0 Å². The minimum Gasteiger partial charge on any atom is -0.506 e. The largest absolute Gasteiger partial charge is 0.506 e. The second-order valence-electron chi connectivity index (χ2n) is 8.31. The second-order valence-corrected chi connectivity index (χ2v) is 8.31. The normalized spacial score (nSPS) is 21.8. The molecule has 0 saturated carbocycles. The van der Waals surface area contributed by atoms with Crippen LogP contribution in [0.4, 0.5) is 0 Å². The lowest BCUT2D eigenvalue weighted by atomic mass is 9.81. The molecule has 152 valence electrons. The van der Waals surface area contributed by atoms with E-state index >= 15 is 0 Å². The van der Waals surface area contributed by atoms with Crippen molar-refractivity contribution in [3.05, 3.63) is 22.8 Å². The summed E-state index contributed by atoms with van der Waals surface area (Å²) >= 11 is 0. The number of aromatic hydroxyl groups is 1. The maximum absolute atomic E-state index is 13.1. The number of aliphatic hydroxyl groups is 1. The molecule has 1 aromatic rings. The number of carbonyl (C=O) groups is 2. The summed E-state index contributed by atoms with van der Waals surface area (Å²) < 4.78 is 11.7. The van der Waals surface area contributed by atoms with Gasteiger partial charge in [0.1, 0.15) is 22.7 Å². The fraction of sp³-hybridized carbons (Fsp3) is 0.545. The van der Waals surface area contributed by atoms with Crippen LogP contribution in [0.25, 0.3) is 6.08 Å². The first kappa shape index (κ1) is 20.4. The number of aliphatic hydroxyl groups excluding tert-OH is 1. The molecule has 0 amide bonds. The maximum Gasteiger partial charge on any atom is 0.311 e. The number of esters is 1. The van der Waals surface area contributed by atoms with Gasteiger partial charge in [0, 0.05) is 17.4 Å². The molecule has 0 unspecified atom stereocenters. The van der Waals surface area contributed by atoms with E-state index in [9.17, 15) is 19.8 Å². The summed E-state index contributed by atoms with van der Waals surface area (Å²) in [4.78, 5) is 25.4. The van der Waals surface area contributed by atoms with Crippen molar-refractivity contribution in [2.24, 2.45) is 5.92 Å². The highest BCUT2D eigenvalue weighted by Crippen LogP contribution is 2.53. The first-order valence-electron chi connectivity index (χ1n) is 9.81. The molecule has 0 radical (unpaired) electrons. The number of ether oxygens (including phenoxy) is 2. The minimum atomic E-state index is -0.907. The van der Waals surface area contributed by atoms with Crippen LogP contribution in [0.15, 0.2) is 6.08 Å². The Hall–Kier alpha value is -2.34. The third-order valence-corrected chi connectivity index (χ3v) is 5.53. The molecule has 0 saturated heterocycles. The molecular formula is C22H28O6. The first-order chi connectivity index (χ1) is 13.1. The Morgan fingerprint density at radius 2 is 2.00 bits per heavy atom. The summed E-state index contributed by atoms with van der Waals surface area (Å²) in [7, 11) is 0. The molecule has 2 N–H and O–H groups in total. The molecule has 1 aromatic carbocycles. The Kier molecular flexibility index (Phi) is 5.28. The number of rotatable bonds is 5. The zero-order valence-electron chi connectivity index (χ0n) is 17.0. The van der Waals surface area contributed by atoms with Crippen LogP contribution < -0.4 is 9.47 Å². The Morgan fingerprint density at radius 1 is 1.32 bits per heavy atom. The van der Waals surface area contributed by atoms with Gasteiger partial charge in [-0.3, -0.25) is 9.59 Å². The van der Waals surface area contributed by atoms with Gasteiger partial charge < -0.3 is 19.7 Å². The number of benzene rings is 1. The molecule has 0 fully saturated rings. The second kappa shape index (κ2) is 7.24. The quantitative estimate of drug-likeness (QED) is 0.450. The van der Waals surface area contributed by atoms with E-state index in [1.165, 1.54) is 6.92 Å². The predicted molar refractivity (Wildman–Crippen MR) is 105 cm³/mol. The SMILES string of the molecule is CCC[C@H]1CC(=O)Oc2c(C(=O)[C@@H](C)[C@H](C)O)c(O)c3c(c21)OC(C)(C)C=C3. The topological polar surface area (TPSA) is 93.1 Å². The third-order valence-electron chi connectivity index (χ3n) is 5.53. The number of fused-ring (bicyclic) bond motifs is 3. The Morgan fingerprint density at radius 3 is 2.61 bits per heavy atom. The van der Waals surface area contributed by atoms with Gasteiger partial charge in [0.25, 0.3) is 0 Å². The summed E-state index contributed by atoms with van der Waals surface area (Å²) in [6.07, 6.45) is 4.43. The maximum atomic E-state index is 13.1. The van der Waals surface area contributed by atoms with Crippen molar-refractivity contribution in [1.82, 2.24) is 0 Å². The van der Waals surface area contributed by atoms with E-state index in [4.69, 9.17) is 9.47 Å². The fourth-order valence-corrected chi connectivity index (χ4v) is 3.78. The standard InChI is InChI=1S/C22H28O6/c1-6-7-13-10-15(24)27-21-16(13)20-14(8-9-22(4,5)28-20)19(26)17(21)18(25)11(2)12(3)23/h8-9,11-13,23,26H,6-7,10H2,1-5H3/t11-,12-,13-/m0/s1. The lowest BCUT2D eigenvalue weighted by molar-refractivity contribution is -0.136. The average molecular weight is 388 g/mol. The molecule has 0 spiro atoms. The lowest BCUT2D eigenvalue weighted by Crippen LogP contribution is -2.32. The van der Waals surface area contributed by atoms with Gasteiger partial charge in [0.2, 0.25) is 0 Å². The van der Waals surface area contributed by atoms with E-state index in [1.807, 2.05) is 26.8 Å².